The lowest BCUT2D eigenvalue weighted by Gasteiger charge is -2.28. The summed E-state index contributed by atoms with van der Waals surface area (Å²) in [6.45, 7) is 7.39. The lowest BCUT2D eigenvalue weighted by atomic mass is 10.0. The van der Waals surface area contributed by atoms with Crippen LogP contribution in [-0.2, 0) is 19.1 Å². The summed E-state index contributed by atoms with van der Waals surface area (Å²) in [5.74, 6) is -1.13. The van der Waals surface area contributed by atoms with Crippen LogP contribution in [0.3, 0.4) is 0 Å². The highest BCUT2D eigenvalue weighted by Crippen LogP contribution is 2.18. The van der Waals surface area contributed by atoms with E-state index in [1.165, 1.54) is 133 Å². The van der Waals surface area contributed by atoms with E-state index in [0.29, 0.717) is 26.0 Å². The van der Waals surface area contributed by atoms with Gasteiger partial charge in [0.1, 0.15) is 6.04 Å². The van der Waals surface area contributed by atoms with Crippen LogP contribution in [0.1, 0.15) is 233 Å². The number of amides is 2. The molecule has 52 heavy (non-hydrogen) atoms. The van der Waals surface area contributed by atoms with Crippen LogP contribution in [0.5, 0.6) is 0 Å². The number of nitrogens with two attached hydrogens (primary N) is 1. The average Bonchev–Trinajstić information content (AvgIpc) is 3.14. The fraction of sp³-hybridized carbons (Fsp3) is 0.848. The Bertz CT molecular complexity index is 870. The number of ether oxygens (including phenoxy) is 1. The minimum atomic E-state index is -0.896. The SMILES string of the molecule is CCCCCCCC/C=C\CCCCCCCC(=O)N(C(=O)C=CCCCCCCCCCCCCCCC)[C@@H](CCCCN)C(=O)OCCCC. The molecule has 2 N–H and O–H groups in total. The molecule has 0 aliphatic rings. The second-order valence-corrected chi connectivity index (χ2v) is 15.2. The normalized spacial score (nSPS) is 12.2. The zero-order chi connectivity index (χ0) is 38.2. The number of hydrogen-bond donors (Lipinski definition) is 1. The standard InChI is InChI=1S/C46H86N2O4/c1-4-7-10-12-14-16-18-20-22-24-26-28-30-32-34-39-44(49)48(43(38-36-37-41-47)46(51)52-42-9-6-3)45(50)40-35-33-31-29-27-25-23-21-19-17-15-13-11-8-5-2/h20,22,35,40,43H,4-19,21,23-34,36-39,41-42,47H2,1-3H3/b22-20-,40-35?/t43-/m0/s1. The van der Waals surface area contributed by atoms with E-state index in [2.05, 4.69) is 26.0 Å². The van der Waals surface area contributed by atoms with E-state index in [-0.39, 0.29) is 12.3 Å². The van der Waals surface area contributed by atoms with Gasteiger partial charge < -0.3 is 10.5 Å². The van der Waals surface area contributed by atoms with Crippen LogP contribution in [0.4, 0.5) is 0 Å². The van der Waals surface area contributed by atoms with E-state index in [4.69, 9.17) is 10.5 Å². The van der Waals surface area contributed by atoms with E-state index in [1.54, 1.807) is 0 Å². The van der Waals surface area contributed by atoms with Gasteiger partial charge in [0.25, 0.3) is 5.91 Å². The summed E-state index contributed by atoms with van der Waals surface area (Å²) in [6, 6.07) is -0.896. The number of hydrogen-bond acceptors (Lipinski definition) is 5. The van der Waals surface area contributed by atoms with Gasteiger partial charge in [0.15, 0.2) is 0 Å². The molecule has 0 heterocycles. The average molecular weight is 731 g/mol. The summed E-state index contributed by atoms with van der Waals surface area (Å²) in [6.07, 6.45) is 45.0. The van der Waals surface area contributed by atoms with Crippen LogP contribution in [0.15, 0.2) is 24.3 Å². The third-order valence-electron chi connectivity index (χ3n) is 10.2. The van der Waals surface area contributed by atoms with Crippen molar-refractivity contribution in [1.29, 1.82) is 0 Å². The number of rotatable bonds is 39. The van der Waals surface area contributed by atoms with Gasteiger partial charge in [0.05, 0.1) is 6.61 Å². The number of unbranched alkanes of at least 4 members (excludes halogenated alkanes) is 26. The first-order valence-corrected chi connectivity index (χ1v) is 22.6. The maximum atomic E-state index is 13.6. The number of allylic oxidation sites excluding steroid dienone is 3. The summed E-state index contributed by atoms with van der Waals surface area (Å²) in [4.78, 5) is 41.7. The lowest BCUT2D eigenvalue weighted by Crippen LogP contribution is -2.49. The minimum Gasteiger partial charge on any atom is -0.464 e. The second-order valence-electron chi connectivity index (χ2n) is 15.2. The predicted molar refractivity (Wildman–Crippen MR) is 223 cm³/mol. The molecule has 0 saturated carbocycles. The fourth-order valence-electron chi connectivity index (χ4n) is 6.71. The Labute approximate surface area is 322 Å². The molecule has 0 radical (unpaired) electrons. The Morgan fingerprint density at radius 2 is 0.942 bits per heavy atom. The Balaban J connectivity index is 4.78. The summed E-state index contributed by atoms with van der Waals surface area (Å²) in [5, 5.41) is 0. The van der Waals surface area contributed by atoms with Crippen LogP contribution in [0.2, 0.25) is 0 Å². The number of imide groups is 1. The Morgan fingerprint density at radius 1 is 0.519 bits per heavy atom. The highest BCUT2D eigenvalue weighted by molar-refractivity contribution is 6.04. The van der Waals surface area contributed by atoms with Gasteiger partial charge in [-0.15, -0.1) is 0 Å². The zero-order valence-electron chi connectivity index (χ0n) is 34.8. The van der Waals surface area contributed by atoms with E-state index >= 15 is 0 Å². The molecule has 6 nitrogen and oxygen atoms in total. The van der Waals surface area contributed by atoms with Crippen LogP contribution in [-0.4, -0.2) is 41.9 Å². The molecule has 1 atom stereocenters. The second kappa shape index (κ2) is 40.2. The summed E-state index contributed by atoms with van der Waals surface area (Å²) >= 11 is 0. The van der Waals surface area contributed by atoms with Crippen molar-refractivity contribution < 1.29 is 19.1 Å². The quantitative estimate of drug-likeness (QED) is 0.0294. The molecule has 0 aromatic heterocycles. The molecule has 0 spiro atoms. The fourth-order valence-corrected chi connectivity index (χ4v) is 6.71. The summed E-state index contributed by atoms with van der Waals surface area (Å²) < 4.78 is 5.57. The van der Waals surface area contributed by atoms with Crippen molar-refractivity contribution in [2.24, 2.45) is 5.73 Å². The maximum Gasteiger partial charge on any atom is 0.329 e. The van der Waals surface area contributed by atoms with Crippen molar-refractivity contribution >= 4 is 17.8 Å². The molecule has 0 aromatic carbocycles. The first-order chi connectivity index (χ1) is 25.5. The smallest absolute Gasteiger partial charge is 0.329 e. The van der Waals surface area contributed by atoms with Gasteiger partial charge in [0, 0.05) is 6.42 Å². The van der Waals surface area contributed by atoms with E-state index in [9.17, 15) is 14.4 Å². The van der Waals surface area contributed by atoms with Gasteiger partial charge in [-0.25, -0.2) is 4.79 Å². The van der Waals surface area contributed by atoms with Gasteiger partial charge in [0.2, 0.25) is 5.91 Å². The van der Waals surface area contributed by atoms with Crippen molar-refractivity contribution in [2.75, 3.05) is 13.2 Å². The van der Waals surface area contributed by atoms with Gasteiger partial charge in [-0.1, -0.05) is 174 Å². The molecule has 2 amide bonds. The van der Waals surface area contributed by atoms with Crippen molar-refractivity contribution in [1.82, 2.24) is 4.90 Å². The van der Waals surface area contributed by atoms with Gasteiger partial charge >= 0.3 is 5.97 Å². The van der Waals surface area contributed by atoms with Gasteiger partial charge in [-0.05, 0) is 83.2 Å². The van der Waals surface area contributed by atoms with Crippen LogP contribution < -0.4 is 5.73 Å². The molecule has 6 heteroatoms. The van der Waals surface area contributed by atoms with E-state index < -0.39 is 17.9 Å². The topological polar surface area (TPSA) is 89.7 Å². The van der Waals surface area contributed by atoms with Gasteiger partial charge in [-0.3, -0.25) is 14.5 Å². The highest BCUT2D eigenvalue weighted by atomic mass is 16.5. The van der Waals surface area contributed by atoms with Crippen molar-refractivity contribution in [3.05, 3.63) is 24.3 Å². The molecule has 0 saturated heterocycles. The Kier molecular flexibility index (Phi) is 38.7. The predicted octanol–water partition coefficient (Wildman–Crippen LogP) is 13.3. The van der Waals surface area contributed by atoms with E-state index in [1.807, 2.05) is 13.0 Å². The molecule has 0 aromatic rings. The van der Waals surface area contributed by atoms with Crippen molar-refractivity contribution in [2.45, 2.75) is 239 Å². The maximum absolute atomic E-state index is 13.6. The molecule has 0 bridgehead atoms. The van der Waals surface area contributed by atoms with Crippen molar-refractivity contribution in [3.63, 3.8) is 0 Å². The zero-order valence-corrected chi connectivity index (χ0v) is 34.8. The first-order valence-electron chi connectivity index (χ1n) is 22.6. The molecule has 0 rings (SSSR count). The monoisotopic (exact) mass is 731 g/mol. The molecular weight excluding hydrogens is 645 g/mol. The third-order valence-corrected chi connectivity index (χ3v) is 10.2. The molecule has 0 unspecified atom stereocenters. The molecule has 0 aliphatic heterocycles. The molecule has 0 fully saturated rings. The Morgan fingerprint density at radius 3 is 1.40 bits per heavy atom. The van der Waals surface area contributed by atoms with Gasteiger partial charge in [-0.2, -0.15) is 0 Å². The number of carbonyl (C=O) groups excluding carboxylic acids is 3. The molecule has 304 valence electrons. The third kappa shape index (κ3) is 31.6. The Hall–Kier alpha value is -1.95. The highest BCUT2D eigenvalue weighted by Gasteiger charge is 2.34. The van der Waals surface area contributed by atoms with Crippen LogP contribution in [0.25, 0.3) is 0 Å². The first kappa shape index (κ1) is 50.1. The minimum absolute atomic E-state index is 0.265. The number of carbonyl (C=O) groups is 3. The molecular formula is C46H86N2O4. The largest absolute Gasteiger partial charge is 0.464 e. The molecule has 0 aliphatic carbocycles. The van der Waals surface area contributed by atoms with E-state index in [0.717, 1.165) is 70.6 Å². The van der Waals surface area contributed by atoms with Crippen molar-refractivity contribution in [3.8, 4) is 0 Å². The summed E-state index contributed by atoms with van der Waals surface area (Å²) in [7, 11) is 0. The number of nitrogens with zero attached hydrogens (tertiary/aromatic N) is 1. The summed E-state index contributed by atoms with van der Waals surface area (Å²) in [5.41, 5.74) is 5.75. The van der Waals surface area contributed by atoms with Crippen LogP contribution in [0, 0.1) is 0 Å². The lowest BCUT2D eigenvalue weighted by molar-refractivity contribution is -0.160. The van der Waals surface area contributed by atoms with Crippen LogP contribution >= 0.6 is 0 Å². The number of esters is 1.